The third-order valence-corrected chi connectivity index (χ3v) is 2.82. The second kappa shape index (κ2) is 5.32. The summed E-state index contributed by atoms with van der Waals surface area (Å²) < 4.78 is 0. The van der Waals surface area contributed by atoms with E-state index in [-0.39, 0.29) is 0 Å². The average Bonchev–Trinajstić information content (AvgIpc) is 2.39. The topological polar surface area (TPSA) is 61.6 Å². The van der Waals surface area contributed by atoms with Crippen LogP contribution in [-0.2, 0) is 0 Å². The quantitative estimate of drug-likeness (QED) is 0.838. The van der Waals surface area contributed by atoms with Crippen molar-refractivity contribution < 1.29 is 0 Å². The first-order valence-corrected chi connectivity index (χ1v) is 6.18. The number of benzene rings is 1. The molecule has 0 saturated heterocycles. The van der Waals surface area contributed by atoms with Gasteiger partial charge in [-0.2, -0.15) is 5.26 Å². The van der Waals surface area contributed by atoms with Crippen molar-refractivity contribution in [2.24, 2.45) is 0 Å². The third kappa shape index (κ3) is 2.95. The normalized spacial score (nSPS) is 9.65. The van der Waals surface area contributed by atoms with Crippen LogP contribution in [0.3, 0.4) is 0 Å². The van der Waals surface area contributed by atoms with E-state index in [9.17, 15) is 0 Å². The van der Waals surface area contributed by atoms with Crippen LogP contribution in [0.1, 0.15) is 5.69 Å². The Kier molecular flexibility index (Phi) is 3.58. The van der Waals surface area contributed by atoms with Crippen molar-refractivity contribution in [2.45, 2.75) is 4.90 Å². The summed E-state index contributed by atoms with van der Waals surface area (Å²) in [6.45, 7) is 0. The Balaban J connectivity index is 2.22. The van der Waals surface area contributed by atoms with Crippen molar-refractivity contribution in [3.63, 3.8) is 0 Å². The van der Waals surface area contributed by atoms with E-state index in [0.717, 1.165) is 10.6 Å². The molecule has 0 unspecified atom stereocenters. The zero-order valence-electron chi connectivity index (χ0n) is 9.21. The molecule has 0 saturated carbocycles. The molecule has 84 valence electrons. The summed E-state index contributed by atoms with van der Waals surface area (Å²) in [4.78, 5) is 9.27. The maximum Gasteiger partial charge on any atom is 0.228 e. The number of hydrogen-bond donors (Lipinski definition) is 1. The lowest BCUT2D eigenvalue weighted by Crippen LogP contribution is -1.97. The first kappa shape index (κ1) is 11.4. The molecule has 0 aliphatic rings. The Labute approximate surface area is 104 Å². The van der Waals surface area contributed by atoms with Crippen LogP contribution < -0.4 is 5.32 Å². The number of nitrogens with zero attached hydrogens (tertiary/aromatic N) is 3. The summed E-state index contributed by atoms with van der Waals surface area (Å²) in [6.07, 6.45) is 3.58. The highest BCUT2D eigenvalue weighted by atomic mass is 32.2. The van der Waals surface area contributed by atoms with Crippen molar-refractivity contribution in [2.75, 3.05) is 11.6 Å². The third-order valence-electron chi connectivity index (χ3n) is 2.10. The van der Waals surface area contributed by atoms with Crippen molar-refractivity contribution >= 4 is 23.4 Å². The van der Waals surface area contributed by atoms with Gasteiger partial charge in [-0.3, -0.25) is 0 Å². The molecule has 5 heteroatoms. The minimum Gasteiger partial charge on any atom is -0.324 e. The zero-order valence-corrected chi connectivity index (χ0v) is 10.0. The van der Waals surface area contributed by atoms with Crippen LogP contribution in [0, 0.1) is 11.3 Å². The Morgan fingerprint density at radius 3 is 3.00 bits per heavy atom. The molecule has 2 aromatic rings. The van der Waals surface area contributed by atoms with Crippen molar-refractivity contribution in [3.8, 4) is 6.07 Å². The molecule has 1 N–H and O–H groups in total. The van der Waals surface area contributed by atoms with Gasteiger partial charge < -0.3 is 5.32 Å². The predicted molar refractivity (Wildman–Crippen MR) is 68.3 cm³/mol. The lowest BCUT2D eigenvalue weighted by atomic mass is 10.3. The molecule has 0 amide bonds. The molecule has 1 aromatic carbocycles. The number of hydrogen-bond acceptors (Lipinski definition) is 5. The van der Waals surface area contributed by atoms with Crippen LogP contribution in [0.4, 0.5) is 11.6 Å². The molecule has 1 heterocycles. The maximum absolute atomic E-state index is 8.74. The van der Waals surface area contributed by atoms with Gasteiger partial charge in [-0.05, 0) is 30.5 Å². The molecular weight excluding hydrogens is 232 g/mol. The Bertz CT molecular complexity index is 562. The molecule has 0 radical (unpaired) electrons. The van der Waals surface area contributed by atoms with E-state index >= 15 is 0 Å². The lowest BCUT2D eigenvalue weighted by Gasteiger charge is -2.05. The fourth-order valence-electron chi connectivity index (χ4n) is 1.31. The Morgan fingerprint density at radius 1 is 1.35 bits per heavy atom. The molecule has 0 bridgehead atoms. The molecule has 0 aliphatic carbocycles. The smallest absolute Gasteiger partial charge is 0.228 e. The minimum absolute atomic E-state index is 0.350. The SMILES string of the molecule is CSc1cccc(Nc2nccc(C#N)n2)c1. The second-order valence-corrected chi connectivity index (χ2v) is 4.11. The molecule has 1 aromatic heterocycles. The Hall–Kier alpha value is -2.06. The van der Waals surface area contributed by atoms with Crippen molar-refractivity contribution in [1.29, 1.82) is 5.26 Å². The number of nitrogens with one attached hydrogen (secondary N) is 1. The zero-order chi connectivity index (χ0) is 12.1. The van der Waals surface area contributed by atoms with Crippen LogP contribution >= 0.6 is 11.8 Å². The van der Waals surface area contributed by atoms with E-state index in [1.807, 2.05) is 36.6 Å². The van der Waals surface area contributed by atoms with Gasteiger partial charge >= 0.3 is 0 Å². The molecule has 0 fully saturated rings. The number of anilines is 2. The van der Waals surface area contributed by atoms with Gasteiger partial charge in [0.15, 0.2) is 0 Å². The van der Waals surface area contributed by atoms with Crippen LogP contribution in [0.5, 0.6) is 0 Å². The van der Waals surface area contributed by atoms with Gasteiger partial charge in [0.2, 0.25) is 5.95 Å². The monoisotopic (exact) mass is 242 g/mol. The maximum atomic E-state index is 8.74. The van der Waals surface area contributed by atoms with Gasteiger partial charge in [0.25, 0.3) is 0 Å². The molecular formula is C12H10N4S. The highest BCUT2D eigenvalue weighted by molar-refractivity contribution is 7.98. The summed E-state index contributed by atoms with van der Waals surface area (Å²) >= 11 is 1.67. The molecule has 0 spiro atoms. The molecule has 0 aliphatic heterocycles. The number of rotatable bonds is 3. The van der Waals surface area contributed by atoms with E-state index in [4.69, 9.17) is 5.26 Å². The number of aromatic nitrogens is 2. The van der Waals surface area contributed by atoms with Crippen molar-refractivity contribution in [3.05, 3.63) is 42.2 Å². The number of nitriles is 1. The van der Waals surface area contributed by atoms with E-state index in [0.29, 0.717) is 11.6 Å². The highest BCUT2D eigenvalue weighted by Gasteiger charge is 2.00. The lowest BCUT2D eigenvalue weighted by molar-refractivity contribution is 1.14. The largest absolute Gasteiger partial charge is 0.324 e. The van der Waals surface area contributed by atoms with Gasteiger partial charge in [-0.25, -0.2) is 9.97 Å². The van der Waals surface area contributed by atoms with Gasteiger partial charge in [-0.1, -0.05) is 6.07 Å². The van der Waals surface area contributed by atoms with E-state index in [2.05, 4.69) is 15.3 Å². The molecule has 2 rings (SSSR count). The fourth-order valence-corrected chi connectivity index (χ4v) is 1.77. The van der Waals surface area contributed by atoms with Crippen LogP contribution in [0.2, 0.25) is 0 Å². The van der Waals surface area contributed by atoms with Gasteiger partial charge in [0.05, 0.1) is 0 Å². The Morgan fingerprint density at radius 2 is 2.24 bits per heavy atom. The van der Waals surface area contributed by atoms with Gasteiger partial charge in [-0.15, -0.1) is 11.8 Å². The first-order chi connectivity index (χ1) is 8.31. The van der Waals surface area contributed by atoms with Crippen LogP contribution in [0.15, 0.2) is 41.4 Å². The van der Waals surface area contributed by atoms with E-state index in [1.54, 1.807) is 24.0 Å². The molecule has 0 atom stereocenters. The highest BCUT2D eigenvalue weighted by Crippen LogP contribution is 2.20. The number of thioether (sulfide) groups is 1. The summed E-state index contributed by atoms with van der Waals surface area (Å²) in [5.74, 6) is 0.433. The second-order valence-electron chi connectivity index (χ2n) is 3.23. The summed E-state index contributed by atoms with van der Waals surface area (Å²) in [6, 6.07) is 11.5. The molecule has 4 nitrogen and oxygen atoms in total. The standard InChI is InChI=1S/C12H10N4S/c1-17-11-4-2-3-9(7-11)15-12-14-6-5-10(8-13)16-12/h2-7H,1H3,(H,14,15,16). The van der Waals surface area contributed by atoms with Crippen LogP contribution in [-0.4, -0.2) is 16.2 Å². The summed E-state index contributed by atoms with van der Waals surface area (Å²) in [5, 5.41) is 11.8. The van der Waals surface area contributed by atoms with E-state index in [1.165, 1.54) is 0 Å². The van der Waals surface area contributed by atoms with Gasteiger partial charge in [0, 0.05) is 16.8 Å². The summed E-state index contributed by atoms with van der Waals surface area (Å²) in [5.41, 5.74) is 1.26. The predicted octanol–water partition coefficient (Wildman–Crippen LogP) is 2.81. The first-order valence-electron chi connectivity index (χ1n) is 4.96. The van der Waals surface area contributed by atoms with Crippen LogP contribution in [0.25, 0.3) is 0 Å². The van der Waals surface area contributed by atoms with E-state index < -0.39 is 0 Å². The van der Waals surface area contributed by atoms with Gasteiger partial charge in [0.1, 0.15) is 11.8 Å². The molecule has 17 heavy (non-hydrogen) atoms. The average molecular weight is 242 g/mol. The fraction of sp³-hybridized carbons (Fsp3) is 0.0833. The van der Waals surface area contributed by atoms with Crippen molar-refractivity contribution in [1.82, 2.24) is 9.97 Å². The summed E-state index contributed by atoms with van der Waals surface area (Å²) in [7, 11) is 0. The minimum atomic E-state index is 0.350.